The molecule has 50 heavy (non-hydrogen) atoms. The first-order valence-corrected chi connectivity index (χ1v) is 18.5. The average Bonchev–Trinajstić information content (AvgIpc) is 3.80. The highest BCUT2D eigenvalue weighted by molar-refractivity contribution is 7.92. The maximum Gasteiger partial charge on any atom is 0.495 e. The van der Waals surface area contributed by atoms with Gasteiger partial charge in [-0.15, -0.1) is 0 Å². The summed E-state index contributed by atoms with van der Waals surface area (Å²) < 4.78 is 72.7. The minimum absolute atomic E-state index is 0.0194. The number of benzene rings is 3. The number of nitrogens with one attached hydrogen (secondary N) is 1. The van der Waals surface area contributed by atoms with Crippen molar-refractivity contribution in [3.63, 3.8) is 0 Å². The van der Waals surface area contributed by atoms with E-state index in [1.54, 1.807) is 25.3 Å². The maximum absolute atomic E-state index is 13.8. The molecule has 1 unspecified atom stereocenters. The number of anilines is 1. The second-order valence-electron chi connectivity index (χ2n) is 14.1. The first-order chi connectivity index (χ1) is 23.5. The zero-order chi connectivity index (χ0) is 36.2. The normalized spacial score (nSPS) is 17.7. The lowest BCUT2D eigenvalue weighted by Gasteiger charge is -2.32. The van der Waals surface area contributed by atoms with Crippen LogP contribution in [0.25, 0.3) is 22.3 Å². The molecule has 4 aromatic rings. The molecule has 2 heterocycles. The molecule has 1 N–H and O–H groups in total. The van der Waals surface area contributed by atoms with Gasteiger partial charge in [-0.2, -0.15) is 0 Å². The van der Waals surface area contributed by atoms with Crippen LogP contribution in [-0.2, 0) is 35.4 Å². The first kappa shape index (κ1) is 36.1. The number of nitrogens with zero attached hydrogens (tertiary/aromatic N) is 1. The third-order valence-corrected chi connectivity index (χ3v) is 11.1. The Balaban J connectivity index is 1.46. The van der Waals surface area contributed by atoms with E-state index in [9.17, 15) is 17.6 Å². The van der Waals surface area contributed by atoms with Crippen LogP contribution in [0.2, 0.25) is 0 Å². The summed E-state index contributed by atoms with van der Waals surface area (Å²) in [7, 11) is -1.40. The number of methoxy groups -OCH3 is 1. The molecule has 1 aliphatic heterocycles. The molecule has 1 saturated heterocycles. The van der Waals surface area contributed by atoms with Gasteiger partial charge in [0.1, 0.15) is 24.0 Å². The lowest BCUT2D eigenvalue weighted by atomic mass is 9.74. The summed E-state index contributed by atoms with van der Waals surface area (Å²) >= 11 is 0. The van der Waals surface area contributed by atoms with Crippen LogP contribution in [0.3, 0.4) is 0 Å². The van der Waals surface area contributed by atoms with Crippen molar-refractivity contribution >= 4 is 45.2 Å². The number of carbonyl (C=O) groups is 1. The molecule has 2 aliphatic rings. The zero-order valence-corrected chi connectivity index (χ0v) is 30.6. The largest absolute Gasteiger partial charge is 0.495 e. The number of hydrogen-bond acceptors (Lipinski definition) is 8. The van der Waals surface area contributed by atoms with E-state index in [0.29, 0.717) is 27.8 Å². The lowest BCUT2D eigenvalue weighted by Crippen LogP contribution is -2.41. The molecular weight excluding hydrogens is 662 g/mol. The Kier molecular flexibility index (Phi) is 9.68. The fourth-order valence-corrected chi connectivity index (χ4v) is 7.21. The Morgan fingerprint density at radius 2 is 1.72 bits per heavy atom. The number of rotatable bonds is 12. The van der Waals surface area contributed by atoms with Crippen molar-refractivity contribution in [2.75, 3.05) is 31.5 Å². The summed E-state index contributed by atoms with van der Waals surface area (Å²) in [5, 5.41) is 3.24. The highest BCUT2D eigenvalue weighted by atomic mass is 32.2. The molecule has 6 rings (SSSR count). The number of amides is 1. The van der Waals surface area contributed by atoms with Gasteiger partial charge in [0.25, 0.3) is 5.91 Å². The van der Waals surface area contributed by atoms with Crippen molar-refractivity contribution in [2.24, 2.45) is 0 Å². The fraction of sp³-hybridized carbons (Fsp3) is 0.432. The van der Waals surface area contributed by atoms with Gasteiger partial charge in [-0.05, 0) is 106 Å². The van der Waals surface area contributed by atoms with Crippen molar-refractivity contribution in [3.8, 4) is 11.3 Å². The summed E-state index contributed by atoms with van der Waals surface area (Å²) in [6.45, 7) is 9.95. The molecule has 1 amide bonds. The van der Waals surface area contributed by atoms with Gasteiger partial charge >= 0.3 is 7.12 Å². The third kappa shape index (κ3) is 6.94. The molecular formula is C37H44BFN2O8S. The van der Waals surface area contributed by atoms with Crippen LogP contribution in [0.1, 0.15) is 86.5 Å². The average molecular weight is 707 g/mol. The van der Waals surface area contributed by atoms with Crippen molar-refractivity contribution in [2.45, 2.75) is 77.2 Å². The van der Waals surface area contributed by atoms with Gasteiger partial charge in [0, 0.05) is 31.2 Å². The Hall–Kier alpha value is -3.75. The molecule has 1 saturated carbocycles. The summed E-state index contributed by atoms with van der Waals surface area (Å²) in [6, 6.07) is 15.0. The monoisotopic (exact) mass is 706 g/mol. The van der Waals surface area contributed by atoms with Crippen molar-refractivity contribution in [3.05, 3.63) is 82.7 Å². The summed E-state index contributed by atoms with van der Waals surface area (Å²) in [5.41, 5.74) is 3.63. The molecule has 13 heteroatoms. The Bertz CT molecular complexity index is 2010. The third-order valence-electron chi connectivity index (χ3n) is 9.94. The predicted octanol–water partition coefficient (Wildman–Crippen LogP) is 6.42. The Morgan fingerprint density at radius 3 is 2.30 bits per heavy atom. The van der Waals surface area contributed by atoms with Gasteiger partial charge in [-0.3, -0.25) is 9.10 Å². The highest BCUT2D eigenvalue weighted by Crippen LogP contribution is 2.48. The summed E-state index contributed by atoms with van der Waals surface area (Å²) in [4.78, 5) is 13.2. The summed E-state index contributed by atoms with van der Waals surface area (Å²) in [6.07, 6.45) is 2.52. The lowest BCUT2D eigenvalue weighted by molar-refractivity contribution is -0.0664. The van der Waals surface area contributed by atoms with Crippen molar-refractivity contribution in [1.29, 1.82) is 0 Å². The number of halogens is 1. The molecule has 1 aliphatic carbocycles. The van der Waals surface area contributed by atoms with Crippen LogP contribution in [0.4, 0.5) is 10.1 Å². The standard InChI is InChI=1S/C37H44BFN2O8S/c1-22(46-21-45-7)27-17-23(9-16-30(27)38-48-36(2,3)37(4,5)49-38)20-41(50(8,43)44)31-19-32-29(18-28(31)24-10-11-24)33(35(42)40-6)34(47-32)25-12-14-26(39)15-13-25/h9,12-19,22,24H,10-11,20-21H2,1-8H3,(H,40,42). The molecule has 0 radical (unpaired) electrons. The number of furan rings is 1. The van der Waals surface area contributed by atoms with Crippen LogP contribution < -0.4 is 15.1 Å². The number of fused-ring (bicyclic) bond motifs is 1. The zero-order valence-electron chi connectivity index (χ0n) is 29.8. The number of sulfonamides is 1. The van der Waals surface area contributed by atoms with Crippen molar-refractivity contribution in [1.82, 2.24) is 5.32 Å². The Morgan fingerprint density at radius 1 is 1.06 bits per heavy atom. The van der Waals surface area contributed by atoms with E-state index in [-0.39, 0.29) is 30.9 Å². The van der Waals surface area contributed by atoms with Crippen LogP contribution >= 0.6 is 0 Å². The van der Waals surface area contributed by atoms with Gasteiger partial charge in [0.2, 0.25) is 10.0 Å². The summed E-state index contributed by atoms with van der Waals surface area (Å²) in [5.74, 6) is -0.390. The van der Waals surface area contributed by atoms with Gasteiger partial charge in [0.05, 0.1) is 41.4 Å². The number of hydrogen-bond donors (Lipinski definition) is 1. The highest BCUT2D eigenvalue weighted by Gasteiger charge is 2.52. The molecule has 1 aromatic heterocycles. The number of carbonyl (C=O) groups excluding carboxylic acids is 1. The topological polar surface area (TPSA) is 117 Å². The van der Waals surface area contributed by atoms with Gasteiger partial charge in [-0.1, -0.05) is 18.2 Å². The van der Waals surface area contributed by atoms with Crippen LogP contribution in [-0.4, -0.2) is 59.9 Å². The van der Waals surface area contributed by atoms with Crippen molar-refractivity contribution < 1.29 is 40.8 Å². The second kappa shape index (κ2) is 13.4. The first-order valence-electron chi connectivity index (χ1n) is 16.7. The fourth-order valence-electron chi connectivity index (χ4n) is 6.31. The molecule has 1 atom stereocenters. The SMILES string of the molecule is CNC(=O)c1c(-c2ccc(F)cc2)oc2cc(N(Cc3ccc(B4OC(C)(C)C(C)(C)O4)c(C(C)OCOC)c3)S(C)(=O)=O)c(C3CC3)cc12. The quantitative estimate of drug-likeness (QED) is 0.133. The molecule has 3 aromatic carbocycles. The van der Waals surface area contributed by atoms with Crippen LogP contribution in [0.15, 0.2) is 59.0 Å². The minimum atomic E-state index is -3.83. The number of ether oxygens (including phenoxy) is 2. The molecule has 266 valence electrons. The van der Waals surface area contributed by atoms with E-state index in [4.69, 9.17) is 23.2 Å². The van der Waals surface area contributed by atoms with E-state index in [1.165, 1.54) is 29.7 Å². The van der Waals surface area contributed by atoms with E-state index < -0.39 is 40.3 Å². The van der Waals surface area contributed by atoms with E-state index in [2.05, 4.69) is 5.32 Å². The molecule has 0 spiro atoms. The smallest absolute Gasteiger partial charge is 0.455 e. The van der Waals surface area contributed by atoms with E-state index in [1.807, 2.05) is 58.9 Å². The van der Waals surface area contributed by atoms with Gasteiger partial charge in [-0.25, -0.2) is 12.8 Å². The van der Waals surface area contributed by atoms with Crippen LogP contribution in [0, 0.1) is 5.82 Å². The van der Waals surface area contributed by atoms with E-state index >= 15 is 0 Å². The second-order valence-corrected chi connectivity index (χ2v) is 16.0. The van der Waals surface area contributed by atoms with Crippen LogP contribution in [0.5, 0.6) is 0 Å². The van der Waals surface area contributed by atoms with Gasteiger partial charge < -0.3 is 28.5 Å². The molecule has 10 nitrogen and oxygen atoms in total. The predicted molar refractivity (Wildman–Crippen MR) is 192 cm³/mol. The maximum atomic E-state index is 13.8. The Labute approximate surface area is 293 Å². The van der Waals surface area contributed by atoms with Gasteiger partial charge in [0.15, 0.2) is 0 Å². The molecule has 2 fully saturated rings. The van der Waals surface area contributed by atoms with E-state index in [0.717, 1.165) is 35.0 Å². The molecule has 0 bridgehead atoms. The minimum Gasteiger partial charge on any atom is -0.455 e.